The molecule has 1 atom stereocenters. The number of nitrogens with zero attached hydrogens (tertiary/aromatic N) is 2. The van der Waals surface area contributed by atoms with Crippen LogP contribution in [0.5, 0.6) is 0 Å². The summed E-state index contributed by atoms with van der Waals surface area (Å²) in [6, 6.07) is 14.2. The Balaban J connectivity index is 1.58. The lowest BCUT2D eigenvalue weighted by molar-refractivity contribution is 0.0921. The number of aliphatic hydroxyl groups is 1. The third-order valence-electron chi connectivity index (χ3n) is 4.40. The quantitative estimate of drug-likeness (QED) is 0.880. The fraction of sp³-hybridized carbons (Fsp3) is 0.333. The van der Waals surface area contributed by atoms with Crippen LogP contribution in [-0.2, 0) is 10.0 Å². The minimum Gasteiger partial charge on any atom is -0.387 e. The largest absolute Gasteiger partial charge is 0.387 e. The molecule has 1 unspecified atom stereocenters. The second-order valence-electron chi connectivity index (χ2n) is 6.09. The molecule has 1 saturated heterocycles. The van der Waals surface area contributed by atoms with Gasteiger partial charge in [0, 0.05) is 32.7 Å². The van der Waals surface area contributed by atoms with Gasteiger partial charge in [-0.1, -0.05) is 30.3 Å². The molecule has 0 aliphatic carbocycles. The van der Waals surface area contributed by atoms with Crippen molar-refractivity contribution in [2.75, 3.05) is 32.7 Å². The summed E-state index contributed by atoms with van der Waals surface area (Å²) in [7, 11) is -3.47. The molecule has 1 N–H and O–H groups in total. The molecule has 1 aliphatic rings. The number of β-amino-alcohol motifs (C(OH)–C–C–N with tert-alkyl or cyclic N) is 1. The summed E-state index contributed by atoms with van der Waals surface area (Å²) in [5.74, 6) is -0.337. The fourth-order valence-electron chi connectivity index (χ4n) is 2.93. The first kappa shape index (κ1) is 18.0. The van der Waals surface area contributed by atoms with E-state index >= 15 is 0 Å². The van der Waals surface area contributed by atoms with E-state index in [4.69, 9.17) is 0 Å². The molecule has 1 aliphatic heterocycles. The highest BCUT2D eigenvalue weighted by atomic mass is 32.2. The van der Waals surface area contributed by atoms with Crippen LogP contribution in [0.15, 0.2) is 59.5 Å². The summed E-state index contributed by atoms with van der Waals surface area (Å²) in [6.07, 6.45) is -0.724. The Morgan fingerprint density at radius 2 is 1.56 bits per heavy atom. The van der Waals surface area contributed by atoms with Crippen molar-refractivity contribution in [3.8, 4) is 0 Å². The standard InChI is InChI=1S/C18H21FN2O3S/c19-16-8-6-15(7-9-16)18(22)14-20-10-12-21(13-11-20)25(23,24)17-4-2-1-3-5-17/h1-9,18,22H,10-14H2. The lowest BCUT2D eigenvalue weighted by Crippen LogP contribution is -2.49. The minimum atomic E-state index is -3.47. The van der Waals surface area contributed by atoms with E-state index in [1.807, 2.05) is 4.90 Å². The first-order valence-corrected chi connectivity index (χ1v) is 9.62. The van der Waals surface area contributed by atoms with Crippen LogP contribution in [0.2, 0.25) is 0 Å². The van der Waals surface area contributed by atoms with E-state index in [1.54, 1.807) is 42.5 Å². The van der Waals surface area contributed by atoms with Gasteiger partial charge >= 0.3 is 0 Å². The van der Waals surface area contributed by atoms with Crippen molar-refractivity contribution in [1.29, 1.82) is 0 Å². The monoisotopic (exact) mass is 364 g/mol. The molecular formula is C18H21FN2O3S. The van der Waals surface area contributed by atoms with Crippen LogP contribution in [0.3, 0.4) is 0 Å². The van der Waals surface area contributed by atoms with Crippen LogP contribution >= 0.6 is 0 Å². The molecule has 1 fully saturated rings. The van der Waals surface area contributed by atoms with Crippen molar-refractivity contribution in [3.63, 3.8) is 0 Å². The lowest BCUT2D eigenvalue weighted by Gasteiger charge is -2.35. The topological polar surface area (TPSA) is 60.9 Å². The zero-order valence-electron chi connectivity index (χ0n) is 13.8. The third-order valence-corrected chi connectivity index (χ3v) is 6.31. The van der Waals surface area contributed by atoms with Gasteiger partial charge in [0.25, 0.3) is 0 Å². The van der Waals surface area contributed by atoms with Gasteiger partial charge in [-0.05, 0) is 29.8 Å². The maximum Gasteiger partial charge on any atom is 0.243 e. The van der Waals surface area contributed by atoms with E-state index < -0.39 is 16.1 Å². The van der Waals surface area contributed by atoms with Gasteiger partial charge in [-0.15, -0.1) is 0 Å². The molecule has 25 heavy (non-hydrogen) atoms. The first-order chi connectivity index (χ1) is 12.0. The third kappa shape index (κ3) is 4.24. The van der Waals surface area contributed by atoms with Gasteiger partial charge in [0.1, 0.15) is 5.82 Å². The number of sulfonamides is 1. The molecular weight excluding hydrogens is 343 g/mol. The van der Waals surface area contributed by atoms with Crippen molar-refractivity contribution in [1.82, 2.24) is 9.21 Å². The first-order valence-electron chi connectivity index (χ1n) is 8.18. The zero-order valence-corrected chi connectivity index (χ0v) is 14.6. The summed E-state index contributed by atoms with van der Waals surface area (Å²) in [5.41, 5.74) is 0.653. The van der Waals surface area contributed by atoms with Crippen molar-refractivity contribution in [2.24, 2.45) is 0 Å². The summed E-state index contributed by atoms with van der Waals surface area (Å²) in [6.45, 7) is 2.25. The predicted molar refractivity (Wildman–Crippen MR) is 93.0 cm³/mol. The molecule has 3 rings (SSSR count). The van der Waals surface area contributed by atoms with E-state index in [1.165, 1.54) is 16.4 Å². The summed E-state index contributed by atoms with van der Waals surface area (Å²) in [4.78, 5) is 2.32. The molecule has 5 nitrogen and oxygen atoms in total. The molecule has 0 spiro atoms. The molecule has 2 aromatic rings. The van der Waals surface area contributed by atoms with E-state index in [0.29, 0.717) is 43.2 Å². The molecule has 0 saturated carbocycles. The maximum atomic E-state index is 12.9. The highest BCUT2D eigenvalue weighted by Crippen LogP contribution is 2.19. The van der Waals surface area contributed by atoms with E-state index in [-0.39, 0.29) is 5.82 Å². The maximum absolute atomic E-state index is 12.9. The Morgan fingerprint density at radius 1 is 0.960 bits per heavy atom. The van der Waals surface area contributed by atoms with Gasteiger partial charge in [-0.2, -0.15) is 4.31 Å². The van der Waals surface area contributed by atoms with Gasteiger partial charge in [-0.3, -0.25) is 4.90 Å². The highest BCUT2D eigenvalue weighted by molar-refractivity contribution is 7.89. The Kier molecular flexibility index (Phi) is 5.48. The fourth-order valence-corrected chi connectivity index (χ4v) is 4.37. The molecule has 0 amide bonds. The predicted octanol–water partition coefficient (Wildman–Crippen LogP) is 1.87. The van der Waals surface area contributed by atoms with Crippen molar-refractivity contribution < 1.29 is 17.9 Å². The zero-order chi connectivity index (χ0) is 17.9. The number of rotatable bonds is 5. The van der Waals surface area contributed by atoms with E-state index in [0.717, 1.165) is 0 Å². The van der Waals surface area contributed by atoms with Crippen LogP contribution < -0.4 is 0 Å². The van der Waals surface area contributed by atoms with Crippen LogP contribution in [0.25, 0.3) is 0 Å². The van der Waals surface area contributed by atoms with E-state index in [9.17, 15) is 17.9 Å². The van der Waals surface area contributed by atoms with Crippen LogP contribution in [-0.4, -0.2) is 55.5 Å². The Bertz CT molecular complexity index is 789. The highest BCUT2D eigenvalue weighted by Gasteiger charge is 2.29. The number of benzene rings is 2. The van der Waals surface area contributed by atoms with Crippen LogP contribution in [0.4, 0.5) is 4.39 Å². The van der Waals surface area contributed by atoms with Gasteiger partial charge in [0.05, 0.1) is 11.0 Å². The Labute approximate surface area is 147 Å². The molecule has 7 heteroatoms. The minimum absolute atomic E-state index is 0.301. The SMILES string of the molecule is O=S(=O)(c1ccccc1)N1CCN(CC(O)c2ccc(F)cc2)CC1. The second kappa shape index (κ2) is 7.61. The molecule has 0 aromatic heterocycles. The van der Waals surface area contributed by atoms with Crippen molar-refractivity contribution in [3.05, 3.63) is 66.0 Å². The van der Waals surface area contributed by atoms with Gasteiger partial charge in [0.15, 0.2) is 0 Å². The molecule has 134 valence electrons. The molecule has 2 aromatic carbocycles. The number of aliphatic hydroxyl groups excluding tert-OH is 1. The average molecular weight is 364 g/mol. The second-order valence-corrected chi connectivity index (χ2v) is 8.02. The average Bonchev–Trinajstić information content (AvgIpc) is 2.63. The lowest BCUT2D eigenvalue weighted by atomic mass is 10.1. The Morgan fingerprint density at radius 3 is 2.16 bits per heavy atom. The van der Waals surface area contributed by atoms with Gasteiger partial charge in [0.2, 0.25) is 10.0 Å². The smallest absolute Gasteiger partial charge is 0.243 e. The van der Waals surface area contributed by atoms with Gasteiger partial charge < -0.3 is 5.11 Å². The summed E-state index contributed by atoms with van der Waals surface area (Å²) in [5, 5.41) is 10.3. The summed E-state index contributed by atoms with van der Waals surface area (Å²) >= 11 is 0. The van der Waals surface area contributed by atoms with Gasteiger partial charge in [-0.25, -0.2) is 12.8 Å². The molecule has 0 radical (unpaired) electrons. The molecule has 1 heterocycles. The van der Waals surface area contributed by atoms with Crippen LogP contribution in [0, 0.1) is 5.82 Å². The number of piperazine rings is 1. The van der Waals surface area contributed by atoms with Crippen LogP contribution in [0.1, 0.15) is 11.7 Å². The normalized spacial score (nSPS) is 18.2. The summed E-state index contributed by atoms with van der Waals surface area (Å²) < 4.78 is 39.6. The van der Waals surface area contributed by atoms with E-state index in [2.05, 4.69) is 0 Å². The van der Waals surface area contributed by atoms with Crippen molar-refractivity contribution in [2.45, 2.75) is 11.0 Å². The number of hydrogen-bond donors (Lipinski definition) is 1. The number of halogens is 1. The molecule has 0 bridgehead atoms. The number of hydrogen-bond acceptors (Lipinski definition) is 4. The Hall–Kier alpha value is -1.80. The van der Waals surface area contributed by atoms with Crippen molar-refractivity contribution >= 4 is 10.0 Å².